The lowest BCUT2D eigenvalue weighted by molar-refractivity contribution is -0.123. The van der Waals surface area contributed by atoms with Crippen molar-refractivity contribution in [2.45, 2.75) is 44.6 Å². The molecule has 0 aromatic heterocycles. The maximum absolute atomic E-state index is 12.3. The van der Waals surface area contributed by atoms with E-state index in [9.17, 15) is 9.59 Å². The van der Waals surface area contributed by atoms with Crippen LogP contribution in [0.1, 0.15) is 39.0 Å². The summed E-state index contributed by atoms with van der Waals surface area (Å²) in [5, 5.41) is 12.0. The Kier molecular flexibility index (Phi) is 20.3. The Morgan fingerprint density at radius 2 is 1.31 bits per heavy atom. The summed E-state index contributed by atoms with van der Waals surface area (Å²) >= 11 is 0. The summed E-state index contributed by atoms with van der Waals surface area (Å²) < 4.78 is 17.8. The maximum atomic E-state index is 12.3. The molecular formula is C27H48N4O5. The molecule has 4 N–H and O–H groups in total. The summed E-state index contributed by atoms with van der Waals surface area (Å²) in [6.07, 6.45) is 7.09. The van der Waals surface area contributed by atoms with Crippen LogP contribution >= 0.6 is 0 Å². The highest BCUT2D eigenvalue weighted by atomic mass is 16.5. The van der Waals surface area contributed by atoms with Gasteiger partial charge in [0.1, 0.15) is 5.54 Å². The van der Waals surface area contributed by atoms with Crippen LogP contribution in [-0.2, 0) is 23.8 Å². The van der Waals surface area contributed by atoms with Gasteiger partial charge in [-0.1, -0.05) is 26.3 Å². The number of ether oxygens (including phenoxy) is 3. The van der Waals surface area contributed by atoms with Gasteiger partial charge >= 0.3 is 0 Å². The third kappa shape index (κ3) is 17.9. The average Bonchev–Trinajstić information content (AvgIpc) is 2.86. The lowest BCUT2D eigenvalue weighted by atomic mass is 10.0. The first-order chi connectivity index (χ1) is 17.3. The quantitative estimate of drug-likeness (QED) is 0.0850. The fourth-order valence-electron chi connectivity index (χ4n) is 3.03. The summed E-state index contributed by atoms with van der Waals surface area (Å²) in [6, 6.07) is 0. The van der Waals surface area contributed by atoms with Crippen molar-refractivity contribution in [3.8, 4) is 0 Å². The minimum Gasteiger partial charge on any atom is -0.385 e. The van der Waals surface area contributed by atoms with Gasteiger partial charge in [-0.05, 0) is 64.8 Å². The Balaban J connectivity index is 4.83. The molecule has 0 fully saturated rings. The lowest BCUT2D eigenvalue weighted by Gasteiger charge is -2.34. The molecule has 0 radical (unpaired) electrons. The molecule has 36 heavy (non-hydrogen) atoms. The van der Waals surface area contributed by atoms with Crippen molar-refractivity contribution < 1.29 is 23.8 Å². The second-order valence-electron chi connectivity index (χ2n) is 8.70. The molecule has 0 aliphatic rings. The van der Waals surface area contributed by atoms with E-state index in [0.717, 1.165) is 44.3 Å². The molecule has 0 aromatic rings. The fraction of sp³-hybridized carbons (Fsp3) is 0.630. The van der Waals surface area contributed by atoms with Gasteiger partial charge in [-0.2, -0.15) is 0 Å². The van der Waals surface area contributed by atoms with Gasteiger partial charge in [-0.3, -0.25) is 9.59 Å². The minimum atomic E-state index is -0.847. The van der Waals surface area contributed by atoms with Gasteiger partial charge in [-0.25, -0.2) is 0 Å². The van der Waals surface area contributed by atoms with E-state index in [4.69, 9.17) is 14.2 Å². The molecule has 0 rings (SSSR count). The van der Waals surface area contributed by atoms with E-state index < -0.39 is 5.54 Å². The highest BCUT2D eigenvalue weighted by molar-refractivity contribution is 5.92. The Hall–Kier alpha value is -2.46. The molecule has 9 heteroatoms. The van der Waals surface area contributed by atoms with Crippen LogP contribution in [0, 0.1) is 0 Å². The average molecular weight is 509 g/mol. The van der Waals surface area contributed by atoms with E-state index in [0.29, 0.717) is 38.5 Å². The third-order valence-corrected chi connectivity index (χ3v) is 5.13. The van der Waals surface area contributed by atoms with Crippen LogP contribution in [0.15, 0.2) is 49.7 Å². The van der Waals surface area contributed by atoms with Crippen molar-refractivity contribution in [2.24, 2.45) is 0 Å². The second kappa shape index (κ2) is 21.8. The number of nitrogens with one attached hydrogen (secondary N) is 4. The Labute approximate surface area is 217 Å². The molecule has 1 atom stereocenters. The van der Waals surface area contributed by atoms with Gasteiger partial charge in [0.25, 0.3) is 0 Å². The normalized spacial score (nSPS) is 12.3. The molecule has 9 nitrogen and oxygen atoms in total. The number of carbonyl (C=O) groups excluding carboxylic acids is 2. The van der Waals surface area contributed by atoms with Gasteiger partial charge < -0.3 is 35.5 Å². The molecule has 0 aliphatic carbocycles. The van der Waals surface area contributed by atoms with Gasteiger partial charge in [0.2, 0.25) is 11.8 Å². The summed E-state index contributed by atoms with van der Waals surface area (Å²) in [6.45, 7) is 20.8. The van der Waals surface area contributed by atoms with Crippen LogP contribution in [0.2, 0.25) is 0 Å². The van der Waals surface area contributed by atoms with Crippen molar-refractivity contribution >= 4 is 11.8 Å². The highest BCUT2D eigenvalue weighted by Crippen LogP contribution is 2.11. The highest BCUT2D eigenvalue weighted by Gasteiger charge is 2.33. The van der Waals surface area contributed by atoms with E-state index in [1.54, 1.807) is 13.0 Å². The molecule has 0 aromatic carbocycles. The zero-order valence-corrected chi connectivity index (χ0v) is 22.4. The van der Waals surface area contributed by atoms with E-state index in [1.165, 1.54) is 6.08 Å². The summed E-state index contributed by atoms with van der Waals surface area (Å²) in [5.41, 5.74) is 0.406. The number of hydrogen-bond donors (Lipinski definition) is 4. The standard InChI is InChI=1S/C27H48N4O5/c1-7-24(5)29-16-13-19-36-22-27(31-25(32)8-2,20-34-17-11-9-14-28-6)21-35-18-12-10-15-30-26(33)23(3)4/h7-8,28-29H,1-3,5,9-22H2,4,6H3,(H,30,33)(H,31,32). The second-order valence-corrected chi connectivity index (χ2v) is 8.70. The monoisotopic (exact) mass is 508 g/mol. The number of unbranched alkanes of at least 4 members (excludes halogenated alkanes) is 2. The van der Waals surface area contributed by atoms with Crippen LogP contribution in [0.4, 0.5) is 0 Å². The third-order valence-electron chi connectivity index (χ3n) is 5.13. The first kappa shape index (κ1) is 33.5. The zero-order chi connectivity index (χ0) is 27.1. The number of carbonyl (C=O) groups is 2. The molecule has 206 valence electrons. The van der Waals surface area contributed by atoms with Crippen molar-refractivity contribution in [3.05, 3.63) is 49.7 Å². The number of rotatable bonds is 25. The van der Waals surface area contributed by atoms with Crippen LogP contribution < -0.4 is 21.3 Å². The summed E-state index contributed by atoms with van der Waals surface area (Å²) in [5.74, 6) is -0.456. The van der Waals surface area contributed by atoms with Gasteiger partial charge in [0.05, 0.1) is 19.8 Å². The maximum Gasteiger partial charge on any atom is 0.246 e. The topological polar surface area (TPSA) is 110 Å². The largest absolute Gasteiger partial charge is 0.385 e. The van der Waals surface area contributed by atoms with Crippen LogP contribution in [0.5, 0.6) is 0 Å². The van der Waals surface area contributed by atoms with Crippen LogP contribution in [0.3, 0.4) is 0 Å². The van der Waals surface area contributed by atoms with E-state index in [-0.39, 0.29) is 31.6 Å². The molecule has 0 spiro atoms. The Morgan fingerprint density at radius 1 is 0.778 bits per heavy atom. The van der Waals surface area contributed by atoms with Crippen LogP contribution in [-0.4, -0.2) is 83.7 Å². The van der Waals surface area contributed by atoms with Crippen molar-refractivity contribution in [1.29, 1.82) is 0 Å². The fourth-order valence-corrected chi connectivity index (χ4v) is 3.03. The molecule has 0 bridgehead atoms. The molecule has 0 saturated carbocycles. The van der Waals surface area contributed by atoms with Crippen LogP contribution in [0.25, 0.3) is 0 Å². The molecule has 0 saturated heterocycles. The number of hydrogen-bond acceptors (Lipinski definition) is 7. The van der Waals surface area contributed by atoms with E-state index >= 15 is 0 Å². The summed E-state index contributed by atoms with van der Waals surface area (Å²) in [4.78, 5) is 23.8. The Bertz CT molecular complexity index is 683. The SMILES string of the molecule is C=CC(=C)NCCCOCC(COCCCCNC)(COCCCCNC(=O)C(=C)C)NC(=O)C=C. The smallest absolute Gasteiger partial charge is 0.246 e. The number of amides is 2. The van der Waals surface area contributed by atoms with Gasteiger partial charge in [0.15, 0.2) is 0 Å². The minimum absolute atomic E-state index is 0.143. The van der Waals surface area contributed by atoms with Gasteiger partial charge in [0, 0.05) is 44.2 Å². The van der Waals surface area contributed by atoms with E-state index in [1.807, 2.05) is 7.05 Å². The molecular weight excluding hydrogens is 460 g/mol. The first-order valence-corrected chi connectivity index (χ1v) is 12.6. The molecule has 2 amide bonds. The molecule has 0 heterocycles. The Morgan fingerprint density at radius 3 is 1.81 bits per heavy atom. The van der Waals surface area contributed by atoms with Crippen molar-refractivity contribution in [3.63, 3.8) is 0 Å². The molecule has 0 aliphatic heterocycles. The first-order valence-electron chi connectivity index (χ1n) is 12.6. The molecule has 1 unspecified atom stereocenters. The van der Waals surface area contributed by atoms with Gasteiger partial charge in [-0.15, -0.1) is 0 Å². The lowest BCUT2D eigenvalue weighted by Crippen LogP contribution is -2.58. The predicted octanol–water partition coefficient (Wildman–Crippen LogP) is 2.23. The predicted molar refractivity (Wildman–Crippen MR) is 146 cm³/mol. The summed E-state index contributed by atoms with van der Waals surface area (Å²) in [7, 11) is 1.92. The zero-order valence-electron chi connectivity index (χ0n) is 22.4. The number of allylic oxidation sites excluding steroid dienone is 1. The van der Waals surface area contributed by atoms with E-state index in [2.05, 4.69) is 47.6 Å². The van der Waals surface area contributed by atoms with Crippen molar-refractivity contribution in [1.82, 2.24) is 21.3 Å². The van der Waals surface area contributed by atoms with Crippen molar-refractivity contribution in [2.75, 3.05) is 66.3 Å².